The molecule has 2 aromatic rings. The van der Waals surface area contributed by atoms with Gasteiger partial charge in [-0.3, -0.25) is 4.79 Å². The summed E-state index contributed by atoms with van der Waals surface area (Å²) in [6.45, 7) is 5.50. The number of halogens is 1. The minimum Gasteiger partial charge on any atom is -0.598 e. The fraction of sp³-hybridized carbons (Fsp3) is 0.385. The van der Waals surface area contributed by atoms with Crippen LogP contribution in [0.15, 0.2) is 23.1 Å². The second-order valence-electron chi connectivity index (χ2n) is 4.83. The van der Waals surface area contributed by atoms with E-state index < -0.39 is 11.4 Å². The van der Waals surface area contributed by atoms with Crippen LogP contribution in [0.3, 0.4) is 0 Å². The van der Waals surface area contributed by atoms with Crippen LogP contribution in [0, 0.1) is 0 Å². The van der Waals surface area contributed by atoms with E-state index in [1.165, 1.54) is 6.20 Å². The van der Waals surface area contributed by atoms with E-state index in [9.17, 15) is 9.35 Å². The Kier molecular flexibility index (Phi) is 4.70. The zero-order chi connectivity index (χ0) is 14.9. The summed E-state index contributed by atoms with van der Waals surface area (Å²) in [5, 5.41) is 1.23. The first-order chi connectivity index (χ1) is 9.38. The van der Waals surface area contributed by atoms with Crippen LogP contribution in [0.2, 0.25) is 5.02 Å². The van der Waals surface area contributed by atoms with E-state index in [0.29, 0.717) is 16.2 Å². The second-order valence-corrected chi connectivity index (χ2v) is 7.04. The van der Waals surface area contributed by atoms with Crippen molar-refractivity contribution in [3.8, 4) is 0 Å². The number of nitrogens with one attached hydrogen (secondary N) is 2. The van der Waals surface area contributed by atoms with Crippen molar-refractivity contribution in [3.63, 3.8) is 0 Å². The molecule has 0 saturated carbocycles. The zero-order valence-corrected chi connectivity index (χ0v) is 13.0. The lowest BCUT2D eigenvalue weighted by Gasteiger charge is -2.19. The number of hydrogen-bond donors (Lipinski definition) is 2. The van der Waals surface area contributed by atoms with Gasteiger partial charge >= 0.3 is 0 Å². The molecule has 20 heavy (non-hydrogen) atoms. The third kappa shape index (κ3) is 3.32. The highest BCUT2D eigenvalue weighted by Gasteiger charge is 2.19. The average Bonchev–Trinajstić information content (AvgIpc) is 2.38. The van der Waals surface area contributed by atoms with Crippen LogP contribution in [0.1, 0.15) is 32.4 Å². The van der Waals surface area contributed by atoms with Gasteiger partial charge in [-0.2, -0.15) is 0 Å². The van der Waals surface area contributed by atoms with Crippen molar-refractivity contribution in [3.05, 3.63) is 39.3 Å². The van der Waals surface area contributed by atoms with Gasteiger partial charge in [-0.15, -0.1) is 4.72 Å². The highest BCUT2D eigenvalue weighted by atomic mass is 35.5. The summed E-state index contributed by atoms with van der Waals surface area (Å²) in [6.07, 6.45) is 1.48. The molecule has 0 bridgehead atoms. The van der Waals surface area contributed by atoms with Gasteiger partial charge in [-0.25, -0.2) is 4.98 Å². The largest absolute Gasteiger partial charge is 0.598 e. The van der Waals surface area contributed by atoms with Crippen LogP contribution in [0.5, 0.6) is 0 Å². The number of fused-ring (bicyclic) bond motifs is 1. The molecule has 0 aliphatic heterocycles. The molecule has 108 valence electrons. The number of pyridine rings is 2. The zero-order valence-electron chi connectivity index (χ0n) is 11.4. The van der Waals surface area contributed by atoms with Crippen molar-refractivity contribution >= 4 is 34.0 Å². The van der Waals surface area contributed by atoms with Crippen molar-refractivity contribution in [2.45, 2.75) is 32.1 Å². The summed E-state index contributed by atoms with van der Waals surface area (Å²) in [6, 6.07) is 3.13. The molecular weight excluding hydrogens is 298 g/mol. The minimum atomic E-state index is -1.19. The van der Waals surface area contributed by atoms with Gasteiger partial charge in [0, 0.05) is 28.5 Å². The van der Waals surface area contributed by atoms with Crippen molar-refractivity contribution in [2.75, 3.05) is 0 Å². The third-order valence-corrected chi connectivity index (χ3v) is 4.53. The van der Waals surface area contributed by atoms with Gasteiger partial charge in [0.2, 0.25) is 0 Å². The first-order valence-electron chi connectivity index (χ1n) is 6.23. The van der Waals surface area contributed by atoms with E-state index in [4.69, 9.17) is 11.6 Å². The smallest absolute Gasteiger partial charge is 0.254 e. The summed E-state index contributed by atoms with van der Waals surface area (Å²) in [5.74, 6) is 0. The first-order valence-corrected chi connectivity index (χ1v) is 7.83. The molecule has 0 aromatic carbocycles. The summed E-state index contributed by atoms with van der Waals surface area (Å²) in [7, 11) is 0. The molecule has 5 nitrogen and oxygen atoms in total. The van der Waals surface area contributed by atoms with E-state index in [-0.39, 0.29) is 16.9 Å². The molecule has 2 aromatic heterocycles. The third-order valence-electron chi connectivity index (χ3n) is 2.88. The molecule has 1 unspecified atom stereocenters. The van der Waals surface area contributed by atoms with Crippen LogP contribution in [0.4, 0.5) is 0 Å². The average molecular weight is 314 g/mol. The monoisotopic (exact) mass is 313 g/mol. The van der Waals surface area contributed by atoms with Crippen LogP contribution in [0.25, 0.3) is 11.0 Å². The van der Waals surface area contributed by atoms with Crippen LogP contribution < -0.4 is 10.3 Å². The van der Waals surface area contributed by atoms with Gasteiger partial charge in [0.05, 0.1) is 11.1 Å². The van der Waals surface area contributed by atoms with Gasteiger partial charge in [-0.05, 0) is 32.9 Å². The van der Waals surface area contributed by atoms with Crippen molar-refractivity contribution in [1.29, 1.82) is 0 Å². The van der Waals surface area contributed by atoms with Gasteiger partial charge in [-0.1, -0.05) is 11.6 Å². The Hall–Kier alpha value is -1.08. The molecule has 0 aliphatic rings. The van der Waals surface area contributed by atoms with Crippen LogP contribution >= 0.6 is 11.6 Å². The number of nitrogens with zero attached hydrogens (tertiary/aromatic N) is 1. The number of aromatic nitrogens is 2. The summed E-state index contributed by atoms with van der Waals surface area (Å²) in [4.78, 5) is 18.8. The number of aromatic amines is 1. The first kappa shape index (κ1) is 15.3. The molecule has 0 spiro atoms. The van der Waals surface area contributed by atoms with Crippen LogP contribution in [-0.4, -0.2) is 19.8 Å². The van der Waals surface area contributed by atoms with Crippen molar-refractivity contribution in [2.24, 2.45) is 0 Å². The molecule has 0 radical (unpaired) electrons. The predicted octanol–water partition coefficient (Wildman–Crippen LogP) is 2.30. The summed E-state index contributed by atoms with van der Waals surface area (Å²) in [5.41, 5.74) is 0.754. The van der Waals surface area contributed by atoms with Crippen molar-refractivity contribution < 1.29 is 4.55 Å². The SMILES string of the molecule is CC(C)[S+]([O-])N[C@@H](C)c1cc2cc(Cl)cnc2[nH]c1=O. The lowest BCUT2D eigenvalue weighted by molar-refractivity contribution is 0.556. The minimum absolute atomic E-state index is 0.0203. The molecule has 7 heteroatoms. The Balaban J connectivity index is 2.38. The van der Waals surface area contributed by atoms with Gasteiger partial charge in [0.15, 0.2) is 0 Å². The lowest BCUT2D eigenvalue weighted by Crippen LogP contribution is -2.35. The Morgan fingerprint density at radius 3 is 2.75 bits per heavy atom. The van der Waals surface area contributed by atoms with Gasteiger partial charge in [0.1, 0.15) is 10.9 Å². The summed E-state index contributed by atoms with van der Waals surface area (Å²) < 4.78 is 14.7. The molecule has 0 saturated heterocycles. The Morgan fingerprint density at radius 2 is 2.10 bits per heavy atom. The van der Waals surface area contributed by atoms with Crippen LogP contribution in [-0.2, 0) is 11.4 Å². The molecular formula is C13H16ClN3O2S. The summed E-state index contributed by atoms with van der Waals surface area (Å²) >= 11 is 4.70. The molecule has 0 amide bonds. The fourth-order valence-electron chi connectivity index (χ4n) is 1.78. The Bertz CT molecular complexity index is 674. The van der Waals surface area contributed by atoms with E-state index in [2.05, 4.69) is 14.7 Å². The van der Waals surface area contributed by atoms with E-state index in [0.717, 1.165) is 5.39 Å². The maximum absolute atomic E-state index is 12.0. The highest BCUT2D eigenvalue weighted by molar-refractivity contribution is 7.90. The highest BCUT2D eigenvalue weighted by Crippen LogP contribution is 2.18. The fourth-order valence-corrected chi connectivity index (χ4v) is 2.69. The van der Waals surface area contributed by atoms with Gasteiger partial charge in [0.25, 0.3) is 5.56 Å². The van der Waals surface area contributed by atoms with E-state index in [1.54, 1.807) is 19.1 Å². The van der Waals surface area contributed by atoms with Gasteiger partial charge < -0.3 is 9.54 Å². The predicted molar refractivity (Wildman–Crippen MR) is 82.2 cm³/mol. The number of hydrogen-bond acceptors (Lipinski definition) is 4. The maximum atomic E-state index is 12.0. The normalized spacial score (nSPS) is 14.7. The second kappa shape index (κ2) is 6.13. The standard InChI is InChI=1S/C13H16ClN3O2S/c1-7(2)20(19)17-8(3)11-5-9-4-10(14)6-15-12(9)16-13(11)18/h4-8,17H,1-3H3,(H,15,16,18)/t8-,20?/m0/s1. The maximum Gasteiger partial charge on any atom is 0.254 e. The quantitative estimate of drug-likeness (QED) is 0.849. The molecule has 0 fully saturated rings. The van der Waals surface area contributed by atoms with E-state index >= 15 is 0 Å². The lowest BCUT2D eigenvalue weighted by atomic mass is 10.1. The Morgan fingerprint density at radius 1 is 1.40 bits per heavy atom. The molecule has 0 aliphatic carbocycles. The molecule has 2 N–H and O–H groups in total. The molecule has 2 atom stereocenters. The van der Waals surface area contributed by atoms with Crippen molar-refractivity contribution in [1.82, 2.24) is 14.7 Å². The number of rotatable bonds is 4. The number of H-pyrrole nitrogens is 1. The molecule has 2 rings (SSSR count). The topological polar surface area (TPSA) is 80.8 Å². The Labute approximate surface area is 125 Å². The van der Waals surface area contributed by atoms with E-state index in [1.807, 2.05) is 13.8 Å². The molecule has 2 heterocycles.